The van der Waals surface area contributed by atoms with Gasteiger partial charge in [-0.05, 0) is 57.1 Å². The number of aryl methyl sites for hydroxylation is 1. The Hall–Kier alpha value is -2.24. The lowest BCUT2D eigenvalue weighted by Gasteiger charge is -2.19. The van der Waals surface area contributed by atoms with Crippen molar-refractivity contribution in [3.05, 3.63) is 29.9 Å². The number of hydrogen-bond acceptors (Lipinski definition) is 5. The molecule has 2 aromatic heterocycles. The van der Waals surface area contributed by atoms with Gasteiger partial charge in [-0.2, -0.15) is 4.98 Å². The minimum atomic E-state index is -0.280. The molecule has 1 unspecified atom stereocenters. The van der Waals surface area contributed by atoms with E-state index in [1.165, 1.54) is 25.7 Å². The van der Waals surface area contributed by atoms with Crippen molar-refractivity contribution >= 4 is 5.91 Å². The van der Waals surface area contributed by atoms with Crippen molar-refractivity contribution in [2.75, 3.05) is 0 Å². The molecular formula is C18H22N4O2. The highest BCUT2D eigenvalue weighted by molar-refractivity contribution is 5.80. The van der Waals surface area contributed by atoms with E-state index in [-0.39, 0.29) is 17.9 Å². The second-order valence-corrected chi connectivity index (χ2v) is 7.18. The second kappa shape index (κ2) is 5.69. The Balaban J connectivity index is 1.45. The highest BCUT2D eigenvalue weighted by Gasteiger charge is 2.54. The van der Waals surface area contributed by atoms with Gasteiger partial charge in [-0.15, -0.1) is 0 Å². The first-order valence-electron chi connectivity index (χ1n) is 8.64. The van der Waals surface area contributed by atoms with Crippen LogP contribution in [0, 0.1) is 18.3 Å². The molecule has 2 atom stereocenters. The molecule has 0 saturated heterocycles. The number of rotatable bonds is 4. The maximum Gasteiger partial charge on any atom is 0.249 e. The third-order valence-electron chi connectivity index (χ3n) is 5.44. The first-order chi connectivity index (χ1) is 11.6. The Bertz CT molecular complexity index is 766. The van der Waals surface area contributed by atoms with Gasteiger partial charge in [-0.3, -0.25) is 9.78 Å². The molecule has 126 valence electrons. The number of hydrogen-bond donors (Lipinski definition) is 1. The smallest absolute Gasteiger partial charge is 0.249 e. The lowest BCUT2D eigenvalue weighted by atomic mass is 9.92. The number of nitrogens with one attached hydrogen (secondary N) is 1. The highest BCUT2D eigenvalue weighted by Crippen LogP contribution is 2.61. The summed E-state index contributed by atoms with van der Waals surface area (Å²) in [6, 6.07) is 3.48. The zero-order valence-electron chi connectivity index (χ0n) is 14.1. The van der Waals surface area contributed by atoms with E-state index in [4.69, 9.17) is 4.52 Å². The molecule has 0 aromatic carbocycles. The third-order valence-corrected chi connectivity index (χ3v) is 5.44. The predicted molar refractivity (Wildman–Crippen MR) is 87.8 cm³/mol. The molecule has 6 heteroatoms. The zero-order valence-corrected chi connectivity index (χ0v) is 14.1. The van der Waals surface area contributed by atoms with Crippen LogP contribution in [0.25, 0.3) is 11.4 Å². The normalized spacial score (nSPS) is 22.5. The van der Waals surface area contributed by atoms with Crippen molar-refractivity contribution in [1.29, 1.82) is 0 Å². The fraction of sp³-hybridized carbons (Fsp3) is 0.556. The number of aromatic nitrogens is 3. The van der Waals surface area contributed by atoms with Gasteiger partial charge < -0.3 is 9.84 Å². The summed E-state index contributed by atoms with van der Waals surface area (Å²) in [7, 11) is 0. The Morgan fingerprint density at radius 1 is 1.42 bits per heavy atom. The largest absolute Gasteiger partial charge is 0.344 e. The van der Waals surface area contributed by atoms with E-state index in [0.717, 1.165) is 17.7 Å². The van der Waals surface area contributed by atoms with Gasteiger partial charge in [0.05, 0.1) is 0 Å². The average Bonchev–Trinajstić information content (AvgIpc) is 2.99. The molecule has 4 rings (SSSR count). The lowest BCUT2D eigenvalue weighted by molar-refractivity contribution is -0.127. The van der Waals surface area contributed by atoms with E-state index in [0.29, 0.717) is 17.1 Å². The summed E-state index contributed by atoms with van der Waals surface area (Å²) in [5.41, 5.74) is 2.07. The van der Waals surface area contributed by atoms with Crippen LogP contribution in [-0.4, -0.2) is 21.0 Å². The minimum absolute atomic E-state index is 0.136. The summed E-state index contributed by atoms with van der Waals surface area (Å²) in [5, 5.41) is 7.09. The fourth-order valence-corrected chi connectivity index (χ4v) is 3.90. The molecule has 2 aromatic rings. The number of amides is 1. The average molecular weight is 326 g/mol. The van der Waals surface area contributed by atoms with Crippen LogP contribution in [-0.2, 0) is 4.79 Å². The molecule has 1 spiro atoms. The summed E-state index contributed by atoms with van der Waals surface area (Å²) in [5.74, 6) is 1.26. The monoisotopic (exact) mass is 326 g/mol. The number of carbonyl (C=O) groups excluding carboxylic acids is 1. The maximum absolute atomic E-state index is 12.6. The van der Waals surface area contributed by atoms with Gasteiger partial charge in [0.25, 0.3) is 0 Å². The molecule has 0 aliphatic heterocycles. The van der Waals surface area contributed by atoms with Crippen molar-refractivity contribution in [3.63, 3.8) is 0 Å². The van der Waals surface area contributed by atoms with Crippen LogP contribution < -0.4 is 5.32 Å². The second-order valence-electron chi connectivity index (χ2n) is 7.18. The van der Waals surface area contributed by atoms with Crippen LogP contribution in [0.2, 0.25) is 0 Å². The van der Waals surface area contributed by atoms with E-state index >= 15 is 0 Å². The van der Waals surface area contributed by atoms with E-state index in [1.54, 1.807) is 6.20 Å². The maximum atomic E-state index is 12.6. The molecule has 24 heavy (non-hydrogen) atoms. The SMILES string of the molecule is Cc1cc(-c2noc([C@H](C)NC(=O)C3CCCC34CC4)n2)ccn1. The zero-order chi connectivity index (χ0) is 16.7. The van der Waals surface area contributed by atoms with Gasteiger partial charge in [0.1, 0.15) is 6.04 Å². The van der Waals surface area contributed by atoms with E-state index in [1.807, 2.05) is 26.0 Å². The van der Waals surface area contributed by atoms with E-state index in [9.17, 15) is 4.79 Å². The van der Waals surface area contributed by atoms with Crippen molar-refractivity contribution in [1.82, 2.24) is 20.4 Å². The molecule has 1 amide bonds. The molecule has 2 saturated carbocycles. The van der Waals surface area contributed by atoms with Crippen LogP contribution in [0.4, 0.5) is 0 Å². The quantitative estimate of drug-likeness (QED) is 0.933. The van der Waals surface area contributed by atoms with Crippen molar-refractivity contribution in [3.8, 4) is 11.4 Å². The molecular weight excluding hydrogens is 304 g/mol. The van der Waals surface area contributed by atoms with Gasteiger partial charge in [-0.25, -0.2) is 0 Å². The molecule has 2 aliphatic rings. The molecule has 2 aliphatic carbocycles. The van der Waals surface area contributed by atoms with Crippen LogP contribution in [0.5, 0.6) is 0 Å². The standard InChI is InChI=1S/C18H22N4O2/c1-11-10-13(5-9-19-11)15-21-17(24-22-15)12(2)20-16(23)14-4-3-6-18(14)7-8-18/h5,9-10,12,14H,3-4,6-8H2,1-2H3,(H,20,23)/t12-,14?/m0/s1. The summed E-state index contributed by atoms with van der Waals surface area (Å²) in [6.45, 7) is 3.81. The summed E-state index contributed by atoms with van der Waals surface area (Å²) >= 11 is 0. The Morgan fingerprint density at radius 2 is 2.25 bits per heavy atom. The lowest BCUT2D eigenvalue weighted by Crippen LogP contribution is -2.35. The minimum Gasteiger partial charge on any atom is -0.344 e. The topological polar surface area (TPSA) is 80.9 Å². The highest BCUT2D eigenvalue weighted by atomic mass is 16.5. The first-order valence-corrected chi connectivity index (χ1v) is 8.64. The van der Waals surface area contributed by atoms with Gasteiger partial charge in [0.2, 0.25) is 17.6 Å². The third kappa shape index (κ3) is 2.70. The van der Waals surface area contributed by atoms with Gasteiger partial charge in [0, 0.05) is 23.4 Å². The number of nitrogens with zero attached hydrogens (tertiary/aromatic N) is 3. The Labute approximate surface area is 141 Å². The van der Waals surface area contributed by atoms with E-state index < -0.39 is 0 Å². The Kier molecular flexibility index (Phi) is 3.62. The molecule has 1 N–H and O–H groups in total. The van der Waals surface area contributed by atoms with Crippen molar-refractivity contribution in [2.45, 2.75) is 52.0 Å². The van der Waals surface area contributed by atoms with Crippen LogP contribution in [0.3, 0.4) is 0 Å². The summed E-state index contributed by atoms with van der Waals surface area (Å²) in [6.07, 6.45) is 7.49. The van der Waals surface area contributed by atoms with Crippen LogP contribution in [0.1, 0.15) is 56.7 Å². The molecule has 0 radical (unpaired) electrons. The number of carbonyl (C=O) groups is 1. The first kappa shape index (κ1) is 15.3. The number of pyridine rings is 1. The van der Waals surface area contributed by atoms with Gasteiger partial charge in [-0.1, -0.05) is 11.6 Å². The van der Waals surface area contributed by atoms with Crippen molar-refractivity contribution < 1.29 is 9.32 Å². The molecule has 0 bridgehead atoms. The van der Waals surface area contributed by atoms with Crippen LogP contribution >= 0.6 is 0 Å². The fourth-order valence-electron chi connectivity index (χ4n) is 3.90. The van der Waals surface area contributed by atoms with Gasteiger partial charge in [0.15, 0.2) is 0 Å². The predicted octanol–water partition coefficient (Wildman–Crippen LogP) is 3.20. The molecule has 2 fully saturated rings. The van der Waals surface area contributed by atoms with Gasteiger partial charge >= 0.3 is 0 Å². The summed E-state index contributed by atoms with van der Waals surface area (Å²) < 4.78 is 5.36. The van der Waals surface area contributed by atoms with E-state index in [2.05, 4.69) is 20.4 Å². The molecule has 2 heterocycles. The Morgan fingerprint density at radius 3 is 3.00 bits per heavy atom. The molecule has 6 nitrogen and oxygen atoms in total. The van der Waals surface area contributed by atoms with Crippen LogP contribution in [0.15, 0.2) is 22.9 Å². The van der Waals surface area contributed by atoms with Crippen molar-refractivity contribution in [2.24, 2.45) is 11.3 Å². The summed E-state index contributed by atoms with van der Waals surface area (Å²) in [4.78, 5) is 21.2.